The maximum absolute atomic E-state index is 11.5. The van der Waals surface area contributed by atoms with Crippen LogP contribution in [0.25, 0.3) is 11.0 Å². The normalized spacial score (nSPS) is 12.9. The quantitative estimate of drug-likeness (QED) is 0.856. The van der Waals surface area contributed by atoms with Crippen molar-refractivity contribution in [3.8, 4) is 0 Å². The Hall–Kier alpha value is -1.95. The second-order valence-corrected chi connectivity index (χ2v) is 4.60. The van der Waals surface area contributed by atoms with Crippen LogP contribution in [0.2, 0.25) is 0 Å². The van der Waals surface area contributed by atoms with Crippen molar-refractivity contribution >= 4 is 22.6 Å². The van der Waals surface area contributed by atoms with Crippen LogP contribution in [0.1, 0.15) is 26.8 Å². The molecule has 0 aromatic carbocycles. The van der Waals surface area contributed by atoms with Gasteiger partial charge in [-0.05, 0) is 26.8 Å². The number of nitrogens with two attached hydrogens (primary N) is 1. The minimum Gasteiger partial charge on any atom is -0.323 e. The molecule has 6 nitrogen and oxygen atoms in total. The third-order valence-corrected chi connectivity index (χ3v) is 2.60. The number of rotatable bonds is 3. The highest BCUT2D eigenvalue weighted by Gasteiger charge is 2.10. The fraction of sp³-hybridized carbons (Fsp3) is 0.417. The minimum atomic E-state index is -0.543. The number of hydrogen-bond donors (Lipinski definition) is 2. The molecule has 0 radical (unpaired) electrons. The number of nitrogens with one attached hydrogen (secondary N) is 1. The Morgan fingerprint density at radius 1 is 1.39 bits per heavy atom. The van der Waals surface area contributed by atoms with E-state index < -0.39 is 6.04 Å². The zero-order valence-corrected chi connectivity index (χ0v) is 10.7. The maximum atomic E-state index is 11.5. The first kappa shape index (κ1) is 12.5. The summed E-state index contributed by atoms with van der Waals surface area (Å²) < 4.78 is 1.84. The summed E-state index contributed by atoms with van der Waals surface area (Å²) in [6, 6.07) is 1.55. The predicted molar refractivity (Wildman–Crippen MR) is 70.2 cm³/mol. The summed E-state index contributed by atoms with van der Waals surface area (Å²) in [7, 11) is 0. The van der Waals surface area contributed by atoms with Crippen LogP contribution in [0.3, 0.4) is 0 Å². The van der Waals surface area contributed by atoms with Crippen molar-refractivity contribution in [2.75, 3.05) is 5.32 Å². The van der Waals surface area contributed by atoms with Crippen LogP contribution in [0.4, 0.5) is 5.69 Å². The first-order valence-electron chi connectivity index (χ1n) is 5.88. The van der Waals surface area contributed by atoms with E-state index in [1.807, 2.05) is 24.6 Å². The monoisotopic (exact) mass is 247 g/mol. The molecule has 0 aliphatic rings. The summed E-state index contributed by atoms with van der Waals surface area (Å²) in [5, 5.41) is 7.87. The molecule has 0 saturated carbocycles. The van der Waals surface area contributed by atoms with Crippen molar-refractivity contribution in [2.24, 2.45) is 5.73 Å². The van der Waals surface area contributed by atoms with Crippen LogP contribution in [0.15, 0.2) is 18.5 Å². The van der Waals surface area contributed by atoms with Gasteiger partial charge in [0.1, 0.15) is 0 Å². The molecule has 0 saturated heterocycles. The Kier molecular flexibility index (Phi) is 3.29. The first-order chi connectivity index (χ1) is 8.49. The van der Waals surface area contributed by atoms with E-state index in [1.54, 1.807) is 19.3 Å². The molecule has 6 heteroatoms. The molecule has 0 aliphatic carbocycles. The van der Waals surface area contributed by atoms with Gasteiger partial charge < -0.3 is 11.1 Å². The van der Waals surface area contributed by atoms with Gasteiger partial charge in [0, 0.05) is 11.4 Å². The Morgan fingerprint density at radius 2 is 2.11 bits per heavy atom. The number of carbonyl (C=O) groups is 1. The molecule has 0 unspecified atom stereocenters. The van der Waals surface area contributed by atoms with E-state index >= 15 is 0 Å². The largest absolute Gasteiger partial charge is 0.323 e. The number of hydrogen-bond acceptors (Lipinski definition) is 4. The summed E-state index contributed by atoms with van der Waals surface area (Å²) >= 11 is 0. The lowest BCUT2D eigenvalue weighted by Gasteiger charge is -2.08. The third-order valence-electron chi connectivity index (χ3n) is 2.60. The number of aromatic nitrogens is 3. The van der Waals surface area contributed by atoms with Gasteiger partial charge in [-0.25, -0.2) is 9.67 Å². The summed E-state index contributed by atoms with van der Waals surface area (Å²) in [5.41, 5.74) is 6.93. The van der Waals surface area contributed by atoms with Gasteiger partial charge in [0.2, 0.25) is 5.91 Å². The predicted octanol–water partition coefficient (Wildman–Crippen LogP) is 1.30. The van der Waals surface area contributed by atoms with Gasteiger partial charge in [-0.3, -0.25) is 4.79 Å². The van der Waals surface area contributed by atoms with E-state index in [1.165, 1.54) is 0 Å². The van der Waals surface area contributed by atoms with Crippen LogP contribution in [0.5, 0.6) is 0 Å². The molecule has 3 N–H and O–H groups in total. The summed E-state index contributed by atoms with van der Waals surface area (Å²) in [6.07, 6.45) is 3.35. The molecule has 2 aromatic heterocycles. The van der Waals surface area contributed by atoms with Crippen molar-refractivity contribution in [3.05, 3.63) is 18.5 Å². The molecular formula is C12H17N5O. The summed E-state index contributed by atoms with van der Waals surface area (Å²) in [4.78, 5) is 15.8. The number of fused-ring (bicyclic) bond motifs is 1. The zero-order valence-electron chi connectivity index (χ0n) is 10.7. The van der Waals surface area contributed by atoms with Crippen LogP contribution >= 0.6 is 0 Å². The second-order valence-electron chi connectivity index (χ2n) is 4.60. The number of nitrogens with zero attached hydrogens (tertiary/aromatic N) is 3. The van der Waals surface area contributed by atoms with Gasteiger partial charge in [0.25, 0.3) is 0 Å². The highest BCUT2D eigenvalue weighted by Crippen LogP contribution is 2.18. The third kappa shape index (κ3) is 2.33. The van der Waals surface area contributed by atoms with Crippen molar-refractivity contribution in [3.63, 3.8) is 0 Å². The molecule has 0 spiro atoms. The molecule has 1 atom stereocenters. The van der Waals surface area contributed by atoms with Crippen LogP contribution in [0, 0.1) is 0 Å². The Labute approximate surface area is 105 Å². The topological polar surface area (TPSA) is 85.8 Å². The number of pyridine rings is 1. The van der Waals surface area contributed by atoms with E-state index in [0.29, 0.717) is 5.69 Å². The summed E-state index contributed by atoms with van der Waals surface area (Å²) in [5.74, 6) is -0.229. The van der Waals surface area contributed by atoms with Crippen molar-refractivity contribution < 1.29 is 4.79 Å². The molecule has 0 aliphatic heterocycles. The van der Waals surface area contributed by atoms with Gasteiger partial charge in [-0.15, -0.1) is 0 Å². The maximum Gasteiger partial charge on any atom is 0.241 e. The number of anilines is 1. The van der Waals surface area contributed by atoms with E-state index in [4.69, 9.17) is 5.73 Å². The van der Waals surface area contributed by atoms with Gasteiger partial charge in [-0.2, -0.15) is 5.10 Å². The SMILES string of the molecule is CC(C)n1ncc2cc(NC(=O)[C@@H](C)N)cnc21. The molecule has 2 aromatic rings. The Bertz CT molecular complexity index is 573. The highest BCUT2D eigenvalue weighted by atomic mass is 16.2. The summed E-state index contributed by atoms with van der Waals surface area (Å²) in [6.45, 7) is 5.72. The lowest BCUT2D eigenvalue weighted by atomic mass is 10.3. The van der Waals surface area contributed by atoms with Crippen molar-refractivity contribution in [1.82, 2.24) is 14.8 Å². The van der Waals surface area contributed by atoms with Gasteiger partial charge in [0.15, 0.2) is 5.65 Å². The second kappa shape index (κ2) is 4.73. The standard InChI is InChI=1S/C12H17N5O/c1-7(2)17-11-9(5-15-17)4-10(6-14-11)16-12(18)8(3)13/h4-8H,13H2,1-3H3,(H,16,18)/t8-/m1/s1. The van der Waals surface area contributed by atoms with Gasteiger partial charge in [-0.1, -0.05) is 0 Å². The smallest absolute Gasteiger partial charge is 0.241 e. The molecule has 2 heterocycles. The van der Waals surface area contributed by atoms with E-state index in [0.717, 1.165) is 11.0 Å². The lowest BCUT2D eigenvalue weighted by molar-refractivity contribution is -0.117. The Morgan fingerprint density at radius 3 is 2.72 bits per heavy atom. The number of carbonyl (C=O) groups excluding carboxylic acids is 1. The van der Waals surface area contributed by atoms with Gasteiger partial charge >= 0.3 is 0 Å². The van der Waals surface area contributed by atoms with Crippen LogP contribution < -0.4 is 11.1 Å². The van der Waals surface area contributed by atoms with Crippen LogP contribution in [-0.2, 0) is 4.79 Å². The zero-order chi connectivity index (χ0) is 13.3. The van der Waals surface area contributed by atoms with Crippen molar-refractivity contribution in [2.45, 2.75) is 32.9 Å². The molecule has 96 valence electrons. The first-order valence-corrected chi connectivity index (χ1v) is 5.88. The molecule has 1 amide bonds. The highest BCUT2D eigenvalue weighted by molar-refractivity contribution is 5.95. The van der Waals surface area contributed by atoms with Gasteiger partial charge in [0.05, 0.1) is 24.1 Å². The fourth-order valence-corrected chi connectivity index (χ4v) is 1.64. The molecule has 0 bridgehead atoms. The average molecular weight is 247 g/mol. The number of amides is 1. The molecule has 0 fully saturated rings. The molecule has 18 heavy (non-hydrogen) atoms. The Balaban J connectivity index is 2.32. The van der Waals surface area contributed by atoms with Crippen molar-refractivity contribution in [1.29, 1.82) is 0 Å². The fourth-order valence-electron chi connectivity index (χ4n) is 1.64. The average Bonchev–Trinajstić information content (AvgIpc) is 2.71. The minimum absolute atomic E-state index is 0.229. The van der Waals surface area contributed by atoms with Crippen LogP contribution in [-0.4, -0.2) is 26.7 Å². The molecular weight excluding hydrogens is 230 g/mol. The van der Waals surface area contributed by atoms with E-state index in [2.05, 4.69) is 15.4 Å². The molecule has 2 rings (SSSR count). The van der Waals surface area contributed by atoms with E-state index in [-0.39, 0.29) is 11.9 Å². The lowest BCUT2D eigenvalue weighted by Crippen LogP contribution is -2.32. The van der Waals surface area contributed by atoms with E-state index in [9.17, 15) is 4.79 Å².